The van der Waals surface area contributed by atoms with Crippen LogP contribution in [0.25, 0.3) is 0 Å². The van der Waals surface area contributed by atoms with E-state index in [1.54, 1.807) is 18.3 Å². The minimum absolute atomic E-state index is 0.0182. The van der Waals surface area contributed by atoms with Crippen LogP contribution in [0.4, 0.5) is 0 Å². The zero-order chi connectivity index (χ0) is 15.1. The molecule has 1 fully saturated rings. The van der Waals surface area contributed by atoms with Crippen LogP contribution in [0.2, 0.25) is 0 Å². The van der Waals surface area contributed by atoms with E-state index < -0.39 is 0 Å². The molecule has 2 heterocycles. The summed E-state index contributed by atoms with van der Waals surface area (Å²) in [5, 5.41) is 11.8. The van der Waals surface area contributed by atoms with Crippen LogP contribution in [-0.4, -0.2) is 53.7 Å². The molecule has 0 aliphatic carbocycles. The standard InChI is InChI=1S/C16H21N3O2/c1-19-10-7-14(8-11-19)18-16(21)15-13(5-2-3-12-20)6-4-9-17-15/h4,6,9,14,20H,3,7-8,10-12H2,1H3,(H,18,21). The van der Waals surface area contributed by atoms with Crippen molar-refractivity contribution in [2.75, 3.05) is 26.7 Å². The summed E-state index contributed by atoms with van der Waals surface area (Å²) in [6.45, 7) is 2.01. The SMILES string of the molecule is CN1CCC(NC(=O)c2ncccc2C#CCCO)CC1. The minimum atomic E-state index is -0.168. The van der Waals surface area contributed by atoms with Gasteiger partial charge in [0.1, 0.15) is 5.69 Å². The molecule has 0 atom stereocenters. The van der Waals surface area contributed by atoms with E-state index in [-0.39, 0.29) is 18.6 Å². The average molecular weight is 287 g/mol. The maximum absolute atomic E-state index is 12.3. The van der Waals surface area contributed by atoms with Gasteiger partial charge in [0.15, 0.2) is 0 Å². The van der Waals surface area contributed by atoms with Crippen LogP contribution < -0.4 is 5.32 Å². The predicted octanol–water partition coefficient (Wildman–Crippen LogP) is 0.639. The zero-order valence-corrected chi connectivity index (χ0v) is 12.3. The van der Waals surface area contributed by atoms with Gasteiger partial charge in [-0.3, -0.25) is 4.79 Å². The van der Waals surface area contributed by atoms with Gasteiger partial charge >= 0.3 is 0 Å². The van der Waals surface area contributed by atoms with Crippen LogP contribution in [0.3, 0.4) is 0 Å². The van der Waals surface area contributed by atoms with Gasteiger partial charge in [-0.15, -0.1) is 0 Å². The number of likely N-dealkylation sites (tertiary alicyclic amines) is 1. The number of piperidine rings is 1. The molecule has 0 bridgehead atoms. The Hall–Kier alpha value is -1.90. The van der Waals surface area contributed by atoms with E-state index in [1.165, 1.54) is 0 Å². The van der Waals surface area contributed by atoms with Gasteiger partial charge in [-0.25, -0.2) is 4.98 Å². The van der Waals surface area contributed by atoms with Crippen LogP contribution >= 0.6 is 0 Å². The highest BCUT2D eigenvalue weighted by atomic mass is 16.2. The van der Waals surface area contributed by atoms with Crippen molar-refractivity contribution in [3.63, 3.8) is 0 Å². The van der Waals surface area contributed by atoms with E-state index in [4.69, 9.17) is 5.11 Å². The molecule has 0 spiro atoms. The molecule has 1 amide bonds. The molecule has 1 aliphatic heterocycles. The second kappa shape index (κ2) is 7.77. The molecule has 1 aromatic heterocycles. The van der Waals surface area contributed by atoms with Crippen LogP contribution in [-0.2, 0) is 0 Å². The van der Waals surface area contributed by atoms with Crippen molar-refractivity contribution in [2.45, 2.75) is 25.3 Å². The number of rotatable bonds is 3. The first-order valence-corrected chi connectivity index (χ1v) is 7.25. The van der Waals surface area contributed by atoms with Gasteiger partial charge in [0.05, 0.1) is 12.2 Å². The fourth-order valence-corrected chi connectivity index (χ4v) is 2.31. The number of nitrogens with one attached hydrogen (secondary N) is 1. The molecule has 1 aliphatic rings. The maximum atomic E-state index is 12.3. The van der Waals surface area contributed by atoms with Crippen molar-refractivity contribution < 1.29 is 9.90 Å². The van der Waals surface area contributed by atoms with Crippen molar-refractivity contribution in [1.82, 2.24) is 15.2 Å². The maximum Gasteiger partial charge on any atom is 0.271 e. The smallest absolute Gasteiger partial charge is 0.271 e. The Balaban J connectivity index is 2.04. The summed E-state index contributed by atoms with van der Waals surface area (Å²) in [5.41, 5.74) is 0.971. The summed E-state index contributed by atoms with van der Waals surface area (Å²) in [7, 11) is 2.09. The van der Waals surface area contributed by atoms with Gasteiger partial charge in [0.25, 0.3) is 5.91 Å². The summed E-state index contributed by atoms with van der Waals surface area (Å²) in [4.78, 5) is 18.8. The van der Waals surface area contributed by atoms with E-state index >= 15 is 0 Å². The Labute approximate surface area is 125 Å². The highest BCUT2D eigenvalue weighted by Gasteiger charge is 2.20. The van der Waals surface area contributed by atoms with Crippen LogP contribution in [0.15, 0.2) is 18.3 Å². The van der Waals surface area contributed by atoms with Gasteiger partial charge in [-0.1, -0.05) is 11.8 Å². The topological polar surface area (TPSA) is 65.5 Å². The third-order valence-electron chi connectivity index (χ3n) is 3.54. The molecule has 0 aromatic carbocycles. The summed E-state index contributed by atoms with van der Waals surface area (Å²) in [5.74, 6) is 5.56. The number of aliphatic hydroxyl groups is 1. The van der Waals surface area contributed by atoms with E-state index in [1.807, 2.05) is 0 Å². The lowest BCUT2D eigenvalue weighted by Gasteiger charge is -2.29. The molecule has 1 saturated heterocycles. The van der Waals surface area contributed by atoms with E-state index in [0.717, 1.165) is 25.9 Å². The number of pyridine rings is 1. The fourth-order valence-electron chi connectivity index (χ4n) is 2.31. The monoisotopic (exact) mass is 287 g/mol. The normalized spacial score (nSPS) is 16.1. The number of carbonyl (C=O) groups excluding carboxylic acids is 1. The lowest BCUT2D eigenvalue weighted by molar-refractivity contribution is 0.0911. The van der Waals surface area contributed by atoms with Crippen LogP contribution in [0.5, 0.6) is 0 Å². The number of hydrogen-bond donors (Lipinski definition) is 2. The molecule has 2 rings (SSSR count). The Morgan fingerprint density at radius 2 is 2.29 bits per heavy atom. The van der Waals surface area contributed by atoms with Gasteiger partial charge in [-0.2, -0.15) is 0 Å². The summed E-state index contributed by atoms with van der Waals surface area (Å²) in [6.07, 6.45) is 3.91. The van der Waals surface area contributed by atoms with Crippen LogP contribution in [0.1, 0.15) is 35.3 Å². The number of amides is 1. The van der Waals surface area contributed by atoms with Crippen molar-refractivity contribution in [1.29, 1.82) is 0 Å². The molecule has 5 nitrogen and oxygen atoms in total. The highest BCUT2D eigenvalue weighted by Crippen LogP contribution is 2.10. The van der Waals surface area contributed by atoms with Crippen molar-refractivity contribution >= 4 is 5.91 Å². The molecule has 5 heteroatoms. The van der Waals surface area contributed by atoms with Crippen molar-refractivity contribution in [3.8, 4) is 11.8 Å². The van der Waals surface area contributed by atoms with Gasteiger partial charge in [-0.05, 0) is 45.1 Å². The Bertz CT molecular complexity index is 540. The first-order valence-electron chi connectivity index (χ1n) is 7.25. The van der Waals surface area contributed by atoms with E-state index in [0.29, 0.717) is 17.7 Å². The van der Waals surface area contributed by atoms with Crippen LogP contribution in [0, 0.1) is 11.8 Å². The average Bonchev–Trinajstić information content (AvgIpc) is 2.50. The zero-order valence-electron chi connectivity index (χ0n) is 12.3. The van der Waals surface area contributed by atoms with E-state index in [2.05, 4.69) is 34.1 Å². The molecule has 112 valence electrons. The second-order valence-corrected chi connectivity index (χ2v) is 5.23. The number of aromatic nitrogens is 1. The van der Waals surface area contributed by atoms with Crippen molar-refractivity contribution in [3.05, 3.63) is 29.6 Å². The minimum Gasteiger partial charge on any atom is -0.395 e. The molecule has 0 saturated carbocycles. The first-order chi connectivity index (χ1) is 10.2. The first kappa shape index (κ1) is 15.5. The van der Waals surface area contributed by atoms with Gasteiger partial charge in [0, 0.05) is 18.7 Å². The van der Waals surface area contributed by atoms with Gasteiger partial charge < -0.3 is 15.3 Å². The summed E-state index contributed by atoms with van der Waals surface area (Å²) >= 11 is 0. The quantitative estimate of drug-likeness (QED) is 0.801. The summed E-state index contributed by atoms with van der Waals surface area (Å²) < 4.78 is 0. The third kappa shape index (κ3) is 4.55. The number of nitrogens with zero attached hydrogens (tertiary/aromatic N) is 2. The molecule has 21 heavy (non-hydrogen) atoms. The largest absolute Gasteiger partial charge is 0.395 e. The Morgan fingerprint density at radius 1 is 1.52 bits per heavy atom. The Kier molecular flexibility index (Phi) is 5.73. The summed E-state index contributed by atoms with van der Waals surface area (Å²) in [6, 6.07) is 3.74. The molecular weight excluding hydrogens is 266 g/mol. The van der Waals surface area contributed by atoms with Gasteiger partial charge in [0.2, 0.25) is 0 Å². The lowest BCUT2D eigenvalue weighted by atomic mass is 10.0. The predicted molar refractivity (Wildman–Crippen MR) is 80.8 cm³/mol. The number of aliphatic hydroxyl groups excluding tert-OH is 1. The number of carbonyl (C=O) groups is 1. The third-order valence-corrected chi connectivity index (χ3v) is 3.54. The Morgan fingerprint density at radius 3 is 3.00 bits per heavy atom. The molecule has 0 unspecified atom stereocenters. The molecule has 1 aromatic rings. The fraction of sp³-hybridized carbons (Fsp3) is 0.500. The highest BCUT2D eigenvalue weighted by molar-refractivity contribution is 5.94. The molecule has 0 radical (unpaired) electrons. The lowest BCUT2D eigenvalue weighted by Crippen LogP contribution is -2.43. The molecule has 2 N–H and O–H groups in total. The second-order valence-electron chi connectivity index (χ2n) is 5.23. The number of hydrogen-bond acceptors (Lipinski definition) is 4. The van der Waals surface area contributed by atoms with Crippen molar-refractivity contribution in [2.24, 2.45) is 0 Å². The molecular formula is C16H21N3O2. The van der Waals surface area contributed by atoms with E-state index in [9.17, 15) is 4.79 Å².